The molecule has 3 amide bonds. The van der Waals surface area contributed by atoms with Crippen LogP contribution in [0.3, 0.4) is 0 Å². The number of halogens is 1. The average molecular weight is 404 g/mol. The van der Waals surface area contributed by atoms with Gasteiger partial charge in [-0.15, -0.1) is 0 Å². The fraction of sp³-hybridized carbons (Fsp3) is 0.263. The smallest absolute Gasteiger partial charge is 0.312 e. The first-order chi connectivity index (χ1) is 11.8. The first kappa shape index (κ1) is 19.0. The van der Waals surface area contributed by atoms with Gasteiger partial charge in [-0.1, -0.05) is 34.1 Å². The number of anilines is 1. The van der Waals surface area contributed by atoms with E-state index in [1.54, 1.807) is 11.9 Å². The molecule has 0 unspecified atom stereocenters. The Labute approximate surface area is 156 Å². The van der Waals surface area contributed by atoms with Crippen LogP contribution in [0.2, 0.25) is 0 Å². The number of carbonyl (C=O) groups is 2. The van der Waals surface area contributed by atoms with E-state index >= 15 is 0 Å². The van der Waals surface area contributed by atoms with Crippen LogP contribution in [-0.4, -0.2) is 19.0 Å². The number of nitrogens with one attached hydrogen (secondary N) is 1. The standard InChI is InChI=1S/C19H22BrN3O2/c1-12-7-13(2)9-16(8-12)23(3)18(24)11-17(22-19(21)25)14-5-4-6-15(20)10-14/h4-10,17H,11H2,1-3H3,(H3,21,22,25)/t17-/m1/s1. The fourth-order valence-corrected chi connectivity index (χ4v) is 3.16. The Morgan fingerprint density at radius 2 is 1.80 bits per heavy atom. The Balaban J connectivity index is 2.22. The van der Waals surface area contributed by atoms with Gasteiger partial charge in [0.05, 0.1) is 12.5 Å². The monoisotopic (exact) mass is 403 g/mol. The maximum absolute atomic E-state index is 12.7. The first-order valence-corrected chi connectivity index (χ1v) is 8.72. The van der Waals surface area contributed by atoms with Crippen molar-refractivity contribution in [1.82, 2.24) is 5.32 Å². The lowest BCUT2D eigenvalue weighted by Gasteiger charge is -2.23. The van der Waals surface area contributed by atoms with Gasteiger partial charge in [-0.05, 0) is 54.8 Å². The van der Waals surface area contributed by atoms with Gasteiger partial charge in [0.25, 0.3) is 0 Å². The fourth-order valence-electron chi connectivity index (χ4n) is 2.75. The minimum Gasteiger partial charge on any atom is -0.352 e. The maximum Gasteiger partial charge on any atom is 0.312 e. The zero-order valence-corrected chi connectivity index (χ0v) is 16.1. The van der Waals surface area contributed by atoms with Crippen molar-refractivity contribution >= 4 is 33.6 Å². The molecule has 2 aromatic carbocycles. The number of benzene rings is 2. The number of amides is 3. The third-order valence-corrected chi connectivity index (χ3v) is 4.41. The summed E-state index contributed by atoms with van der Waals surface area (Å²) < 4.78 is 0.872. The third-order valence-electron chi connectivity index (χ3n) is 3.91. The van der Waals surface area contributed by atoms with E-state index in [4.69, 9.17) is 5.73 Å². The summed E-state index contributed by atoms with van der Waals surface area (Å²) in [6.45, 7) is 3.99. The second-order valence-electron chi connectivity index (χ2n) is 6.12. The van der Waals surface area contributed by atoms with E-state index in [0.29, 0.717) is 0 Å². The summed E-state index contributed by atoms with van der Waals surface area (Å²) in [5.74, 6) is -0.108. The van der Waals surface area contributed by atoms with Gasteiger partial charge in [0.15, 0.2) is 0 Å². The van der Waals surface area contributed by atoms with Crippen LogP contribution < -0.4 is 16.0 Å². The zero-order chi connectivity index (χ0) is 18.6. The lowest BCUT2D eigenvalue weighted by atomic mass is 10.0. The van der Waals surface area contributed by atoms with Crippen molar-refractivity contribution in [3.8, 4) is 0 Å². The summed E-state index contributed by atoms with van der Waals surface area (Å²) in [7, 11) is 1.73. The van der Waals surface area contributed by atoms with Crippen molar-refractivity contribution in [2.24, 2.45) is 5.73 Å². The Hall–Kier alpha value is -2.34. The van der Waals surface area contributed by atoms with Crippen molar-refractivity contribution in [3.63, 3.8) is 0 Å². The lowest BCUT2D eigenvalue weighted by molar-refractivity contribution is -0.118. The quantitative estimate of drug-likeness (QED) is 0.795. The van der Waals surface area contributed by atoms with Gasteiger partial charge in [-0.3, -0.25) is 4.79 Å². The Bertz CT molecular complexity index is 772. The van der Waals surface area contributed by atoms with E-state index in [1.807, 2.05) is 50.2 Å². The highest BCUT2D eigenvalue weighted by Crippen LogP contribution is 2.24. The molecule has 0 aliphatic carbocycles. The van der Waals surface area contributed by atoms with Crippen molar-refractivity contribution in [2.45, 2.75) is 26.3 Å². The number of rotatable bonds is 5. The van der Waals surface area contributed by atoms with Crippen molar-refractivity contribution in [3.05, 3.63) is 63.6 Å². The number of nitrogens with zero attached hydrogens (tertiary/aromatic N) is 1. The van der Waals surface area contributed by atoms with Gasteiger partial charge in [0, 0.05) is 17.2 Å². The molecule has 2 aromatic rings. The molecule has 1 atom stereocenters. The summed E-state index contributed by atoms with van der Waals surface area (Å²) in [5, 5.41) is 2.65. The maximum atomic E-state index is 12.7. The number of primary amides is 1. The highest BCUT2D eigenvalue weighted by molar-refractivity contribution is 9.10. The highest BCUT2D eigenvalue weighted by atomic mass is 79.9. The molecule has 2 rings (SSSR count). The number of urea groups is 1. The van der Waals surface area contributed by atoms with Crippen LogP contribution in [0.15, 0.2) is 46.9 Å². The van der Waals surface area contributed by atoms with Crippen LogP contribution in [-0.2, 0) is 4.79 Å². The molecule has 3 N–H and O–H groups in total. The molecule has 0 fully saturated rings. The Morgan fingerprint density at radius 1 is 1.16 bits per heavy atom. The number of aryl methyl sites for hydroxylation is 2. The summed E-state index contributed by atoms with van der Waals surface area (Å²) in [5.41, 5.74) is 9.11. The molecule has 0 bridgehead atoms. The molecule has 0 radical (unpaired) electrons. The molecular weight excluding hydrogens is 382 g/mol. The van der Waals surface area contributed by atoms with E-state index in [0.717, 1.165) is 26.9 Å². The van der Waals surface area contributed by atoms with Gasteiger partial charge < -0.3 is 16.0 Å². The minimum atomic E-state index is -0.660. The van der Waals surface area contributed by atoms with Gasteiger partial charge in [-0.25, -0.2) is 4.79 Å². The molecule has 0 aliphatic heterocycles. The molecule has 5 nitrogen and oxygen atoms in total. The number of nitrogens with two attached hydrogens (primary N) is 1. The Kier molecular flexibility index (Phi) is 6.20. The van der Waals surface area contributed by atoms with E-state index in [-0.39, 0.29) is 12.3 Å². The van der Waals surface area contributed by atoms with Crippen LogP contribution >= 0.6 is 15.9 Å². The normalized spacial score (nSPS) is 11.7. The van der Waals surface area contributed by atoms with E-state index in [9.17, 15) is 9.59 Å². The predicted octanol–water partition coefficient (Wildman–Crippen LogP) is 3.83. The summed E-state index contributed by atoms with van der Waals surface area (Å²) >= 11 is 3.41. The van der Waals surface area contributed by atoms with Crippen LogP contribution in [0, 0.1) is 13.8 Å². The van der Waals surface area contributed by atoms with Gasteiger partial charge in [0.1, 0.15) is 0 Å². The second-order valence-corrected chi connectivity index (χ2v) is 7.03. The second kappa shape index (κ2) is 8.16. The average Bonchev–Trinajstić information content (AvgIpc) is 2.52. The molecule has 25 heavy (non-hydrogen) atoms. The van der Waals surface area contributed by atoms with Crippen molar-refractivity contribution in [2.75, 3.05) is 11.9 Å². The minimum absolute atomic E-state index is 0.108. The molecule has 0 spiro atoms. The molecule has 0 saturated carbocycles. The molecule has 132 valence electrons. The largest absolute Gasteiger partial charge is 0.352 e. The predicted molar refractivity (Wildman–Crippen MR) is 104 cm³/mol. The van der Waals surface area contributed by atoms with Gasteiger partial charge in [-0.2, -0.15) is 0 Å². The number of carbonyl (C=O) groups excluding carboxylic acids is 2. The van der Waals surface area contributed by atoms with Crippen molar-refractivity contribution in [1.29, 1.82) is 0 Å². The van der Waals surface area contributed by atoms with E-state index in [2.05, 4.69) is 27.3 Å². The summed E-state index contributed by atoms with van der Waals surface area (Å²) in [4.78, 5) is 25.7. The number of hydrogen-bond acceptors (Lipinski definition) is 2. The summed E-state index contributed by atoms with van der Waals surface area (Å²) in [6, 6.07) is 12.3. The highest BCUT2D eigenvalue weighted by Gasteiger charge is 2.21. The number of hydrogen-bond donors (Lipinski definition) is 2. The first-order valence-electron chi connectivity index (χ1n) is 7.92. The Morgan fingerprint density at radius 3 is 2.36 bits per heavy atom. The van der Waals surface area contributed by atoms with Crippen LogP contribution in [0.25, 0.3) is 0 Å². The summed E-state index contributed by atoms with van der Waals surface area (Å²) in [6.07, 6.45) is 0.114. The molecule has 0 aromatic heterocycles. The topological polar surface area (TPSA) is 75.4 Å². The SMILES string of the molecule is Cc1cc(C)cc(N(C)C(=O)C[C@@H](NC(N)=O)c2cccc(Br)c2)c1. The zero-order valence-electron chi connectivity index (χ0n) is 14.5. The molecule has 6 heteroatoms. The van der Waals surface area contributed by atoms with Crippen LogP contribution in [0.5, 0.6) is 0 Å². The molecule has 0 heterocycles. The lowest BCUT2D eigenvalue weighted by Crippen LogP contribution is -2.37. The molecular formula is C19H22BrN3O2. The van der Waals surface area contributed by atoms with E-state index in [1.165, 1.54) is 0 Å². The van der Waals surface area contributed by atoms with Gasteiger partial charge >= 0.3 is 6.03 Å². The van der Waals surface area contributed by atoms with Crippen molar-refractivity contribution < 1.29 is 9.59 Å². The van der Waals surface area contributed by atoms with Crippen LogP contribution in [0.4, 0.5) is 10.5 Å². The molecule has 0 aliphatic rings. The van der Waals surface area contributed by atoms with Crippen LogP contribution in [0.1, 0.15) is 29.2 Å². The molecule has 0 saturated heterocycles. The van der Waals surface area contributed by atoms with E-state index < -0.39 is 12.1 Å². The van der Waals surface area contributed by atoms with Gasteiger partial charge in [0.2, 0.25) is 5.91 Å². The third kappa shape index (κ3) is 5.32.